The third-order valence-electron chi connectivity index (χ3n) is 4.08. The lowest BCUT2D eigenvalue weighted by Gasteiger charge is -2.08. The van der Waals surface area contributed by atoms with Crippen LogP contribution in [0.25, 0.3) is 21.9 Å². The minimum Gasteiger partial charge on any atom is -0.462 e. The average molecular weight is 390 g/mol. The Morgan fingerprint density at radius 1 is 1.30 bits per heavy atom. The van der Waals surface area contributed by atoms with Crippen molar-refractivity contribution in [2.45, 2.75) is 20.8 Å². The number of halogens is 2. The molecule has 0 radical (unpaired) electrons. The molecule has 27 heavy (non-hydrogen) atoms. The van der Waals surface area contributed by atoms with Gasteiger partial charge in [-0.3, -0.25) is 4.79 Å². The second-order valence-electron chi connectivity index (χ2n) is 5.79. The van der Waals surface area contributed by atoms with Crippen molar-refractivity contribution < 1.29 is 18.3 Å². The summed E-state index contributed by atoms with van der Waals surface area (Å²) in [4.78, 5) is 33.1. The molecule has 2 aromatic heterocycles. The molecule has 0 saturated heterocycles. The molecule has 0 fully saturated rings. The maximum absolute atomic E-state index is 14.0. The summed E-state index contributed by atoms with van der Waals surface area (Å²) in [5.41, 5.74) is -0.274. The number of hydrogen-bond acceptors (Lipinski definition) is 5. The van der Waals surface area contributed by atoms with Crippen LogP contribution in [0, 0.1) is 25.5 Å². The molecule has 0 aliphatic carbocycles. The van der Waals surface area contributed by atoms with Crippen LogP contribution in [-0.4, -0.2) is 22.5 Å². The number of carbonyl (C=O) groups is 1. The molecule has 3 aromatic rings. The predicted octanol–water partition coefficient (Wildman–Crippen LogP) is 3.98. The van der Waals surface area contributed by atoms with Crippen molar-refractivity contribution in [2.75, 3.05) is 6.61 Å². The normalized spacial score (nSPS) is 11.8. The molecule has 0 unspecified atom stereocenters. The number of esters is 1. The van der Waals surface area contributed by atoms with Crippen molar-refractivity contribution in [1.29, 1.82) is 0 Å². The minimum atomic E-state index is -0.844. The van der Waals surface area contributed by atoms with Crippen molar-refractivity contribution in [3.63, 3.8) is 0 Å². The van der Waals surface area contributed by atoms with E-state index < -0.39 is 28.7 Å². The van der Waals surface area contributed by atoms with Gasteiger partial charge in [0, 0.05) is 10.4 Å². The molecule has 3 rings (SSSR count). The number of benzene rings is 1. The van der Waals surface area contributed by atoms with E-state index >= 15 is 0 Å². The maximum Gasteiger partial charge on any atom is 0.341 e. The van der Waals surface area contributed by atoms with E-state index in [0.717, 1.165) is 28.6 Å². The van der Waals surface area contributed by atoms with E-state index in [1.54, 1.807) is 6.92 Å². The van der Waals surface area contributed by atoms with Crippen molar-refractivity contribution in [3.8, 4) is 0 Å². The number of carbonyl (C=O) groups excluding carboxylic acids is 1. The number of aromatic nitrogens is 2. The fraction of sp³-hybridized carbons (Fsp3) is 0.211. The highest BCUT2D eigenvalue weighted by molar-refractivity contribution is 7.18. The van der Waals surface area contributed by atoms with E-state index in [1.165, 1.54) is 17.4 Å². The van der Waals surface area contributed by atoms with Gasteiger partial charge >= 0.3 is 5.97 Å². The van der Waals surface area contributed by atoms with Gasteiger partial charge in [-0.25, -0.2) is 18.6 Å². The number of aromatic amines is 1. The van der Waals surface area contributed by atoms with Gasteiger partial charge in [0.05, 0.1) is 12.0 Å². The lowest BCUT2D eigenvalue weighted by atomic mass is 10.1. The quantitative estimate of drug-likeness (QED) is 0.540. The van der Waals surface area contributed by atoms with Gasteiger partial charge in [0.2, 0.25) is 0 Å². The fourth-order valence-electron chi connectivity index (χ4n) is 2.61. The van der Waals surface area contributed by atoms with E-state index in [-0.39, 0.29) is 18.0 Å². The van der Waals surface area contributed by atoms with Crippen LogP contribution >= 0.6 is 11.3 Å². The van der Waals surface area contributed by atoms with Gasteiger partial charge < -0.3 is 9.72 Å². The predicted molar refractivity (Wildman–Crippen MR) is 101 cm³/mol. The molecule has 8 heteroatoms. The number of H-pyrrole nitrogens is 1. The van der Waals surface area contributed by atoms with Crippen LogP contribution in [0.4, 0.5) is 8.78 Å². The van der Waals surface area contributed by atoms with Crippen molar-refractivity contribution in [3.05, 3.63) is 62.0 Å². The van der Waals surface area contributed by atoms with Gasteiger partial charge in [0.1, 0.15) is 27.9 Å². The van der Waals surface area contributed by atoms with Gasteiger partial charge in [-0.1, -0.05) is 6.07 Å². The Hall–Kier alpha value is -2.87. The summed E-state index contributed by atoms with van der Waals surface area (Å²) in [6.07, 6.45) is 1.00. The first-order valence-corrected chi connectivity index (χ1v) is 8.98. The van der Waals surface area contributed by atoms with Crippen LogP contribution in [0.1, 0.15) is 28.8 Å². The van der Waals surface area contributed by atoms with Crippen LogP contribution in [-0.2, 0) is 9.53 Å². The molecule has 0 aliphatic rings. The van der Waals surface area contributed by atoms with E-state index in [4.69, 9.17) is 4.74 Å². The van der Waals surface area contributed by atoms with Crippen LogP contribution < -0.4 is 5.56 Å². The van der Waals surface area contributed by atoms with E-state index in [0.29, 0.717) is 10.2 Å². The number of thiophene rings is 1. The summed E-state index contributed by atoms with van der Waals surface area (Å²) in [6, 6.07) is 3.36. The monoisotopic (exact) mass is 390 g/mol. The molecule has 5 nitrogen and oxygen atoms in total. The van der Waals surface area contributed by atoms with Gasteiger partial charge in [-0.05, 0) is 44.5 Å². The number of nitrogens with zero attached hydrogens (tertiary/aromatic N) is 1. The molecule has 0 aliphatic heterocycles. The van der Waals surface area contributed by atoms with Gasteiger partial charge in [-0.2, -0.15) is 0 Å². The Bertz CT molecular complexity index is 1110. The van der Waals surface area contributed by atoms with Gasteiger partial charge in [0.15, 0.2) is 0 Å². The summed E-state index contributed by atoms with van der Waals surface area (Å²) < 4.78 is 33.1. The Morgan fingerprint density at radius 2 is 1.96 bits per heavy atom. The fourth-order valence-corrected chi connectivity index (χ4v) is 3.64. The molecular weight excluding hydrogens is 374 g/mol. The molecule has 2 heterocycles. The van der Waals surface area contributed by atoms with Crippen LogP contribution in [0.3, 0.4) is 0 Å². The molecule has 0 amide bonds. The summed E-state index contributed by atoms with van der Waals surface area (Å²) in [7, 11) is 0. The summed E-state index contributed by atoms with van der Waals surface area (Å²) in [5, 5.41) is 0.432. The molecule has 0 saturated carbocycles. The lowest BCUT2D eigenvalue weighted by Crippen LogP contribution is -2.16. The topological polar surface area (TPSA) is 72.0 Å². The first-order valence-electron chi connectivity index (χ1n) is 8.16. The Kier molecular flexibility index (Phi) is 5.18. The lowest BCUT2D eigenvalue weighted by molar-refractivity contribution is -0.136. The number of hydrogen-bond donors (Lipinski definition) is 1. The Balaban J connectivity index is 2.26. The molecular formula is C19H16F2N2O3S. The minimum absolute atomic E-state index is 0.0552. The second-order valence-corrected chi connectivity index (χ2v) is 6.99. The second kappa shape index (κ2) is 7.40. The van der Waals surface area contributed by atoms with Gasteiger partial charge in [-0.15, -0.1) is 11.3 Å². The third-order valence-corrected chi connectivity index (χ3v) is 5.18. The standard InChI is InChI=1S/C19H16F2N2O3S/c1-4-26-19(25)12(8-11-13(20)6-5-7-14(11)21)16-22-17(24)15-9(2)10(3)27-18(15)23-16/h5-8H,4H2,1-3H3,(H,22,23,24)/b12-8-. The average Bonchev–Trinajstić information content (AvgIpc) is 2.89. The number of rotatable bonds is 4. The zero-order valence-corrected chi connectivity index (χ0v) is 15.7. The summed E-state index contributed by atoms with van der Waals surface area (Å²) >= 11 is 1.30. The molecule has 0 atom stereocenters. The Morgan fingerprint density at radius 3 is 2.59 bits per heavy atom. The van der Waals surface area contributed by atoms with Crippen molar-refractivity contribution in [2.24, 2.45) is 0 Å². The summed E-state index contributed by atoms with van der Waals surface area (Å²) in [5.74, 6) is -2.63. The number of nitrogens with one attached hydrogen (secondary N) is 1. The van der Waals surface area contributed by atoms with E-state index in [1.807, 2.05) is 13.8 Å². The van der Waals surface area contributed by atoms with Crippen LogP contribution in [0.5, 0.6) is 0 Å². The van der Waals surface area contributed by atoms with Gasteiger partial charge in [0.25, 0.3) is 5.56 Å². The maximum atomic E-state index is 14.0. The number of aryl methyl sites for hydroxylation is 2. The van der Waals surface area contributed by atoms with E-state index in [2.05, 4.69) is 9.97 Å². The first-order chi connectivity index (χ1) is 12.8. The third kappa shape index (κ3) is 3.52. The highest BCUT2D eigenvalue weighted by Gasteiger charge is 2.21. The largest absolute Gasteiger partial charge is 0.462 e. The highest BCUT2D eigenvalue weighted by Crippen LogP contribution is 2.28. The first kappa shape index (κ1) is 18.9. The smallest absolute Gasteiger partial charge is 0.341 e. The highest BCUT2D eigenvalue weighted by atomic mass is 32.1. The Labute approximate surface area is 157 Å². The number of fused-ring (bicyclic) bond motifs is 1. The molecule has 0 spiro atoms. The van der Waals surface area contributed by atoms with Crippen LogP contribution in [0.15, 0.2) is 23.0 Å². The summed E-state index contributed by atoms with van der Waals surface area (Å²) in [6.45, 7) is 5.32. The van der Waals surface area contributed by atoms with Crippen molar-refractivity contribution in [1.82, 2.24) is 9.97 Å². The molecule has 1 N–H and O–H groups in total. The molecule has 1 aromatic carbocycles. The number of ether oxygens (including phenoxy) is 1. The molecule has 140 valence electrons. The SMILES string of the molecule is CCOC(=O)/C(=C\c1c(F)cccc1F)c1nc2sc(C)c(C)c2c(=O)[nH]1. The zero-order valence-electron chi connectivity index (χ0n) is 14.9. The molecule has 0 bridgehead atoms. The van der Waals surface area contributed by atoms with Crippen molar-refractivity contribution >= 4 is 39.2 Å². The van der Waals surface area contributed by atoms with Crippen LogP contribution in [0.2, 0.25) is 0 Å². The van der Waals surface area contributed by atoms with E-state index in [9.17, 15) is 18.4 Å². The zero-order chi connectivity index (χ0) is 19.7.